The number of alkyl halides is 3. The van der Waals surface area contributed by atoms with Crippen molar-refractivity contribution in [3.05, 3.63) is 46.8 Å². The van der Waals surface area contributed by atoms with Crippen LogP contribution in [-0.4, -0.2) is 40.3 Å². The van der Waals surface area contributed by atoms with Crippen LogP contribution < -0.4 is 4.74 Å². The van der Waals surface area contributed by atoms with E-state index in [1.165, 1.54) is 4.68 Å². The topological polar surface area (TPSA) is 47.4 Å². The van der Waals surface area contributed by atoms with E-state index in [9.17, 15) is 18.0 Å². The van der Waals surface area contributed by atoms with Gasteiger partial charge in [-0.1, -0.05) is 0 Å². The van der Waals surface area contributed by atoms with Crippen molar-refractivity contribution in [1.29, 1.82) is 0 Å². The molecule has 0 bridgehead atoms. The highest BCUT2D eigenvalue weighted by molar-refractivity contribution is 5.94. The van der Waals surface area contributed by atoms with E-state index in [1.54, 1.807) is 24.3 Å². The van der Waals surface area contributed by atoms with Gasteiger partial charge >= 0.3 is 6.18 Å². The lowest BCUT2D eigenvalue weighted by Crippen LogP contribution is -2.27. The number of benzene rings is 1. The summed E-state index contributed by atoms with van der Waals surface area (Å²) in [5.74, 6) is 0.608. The number of rotatable bonds is 5. The fourth-order valence-corrected chi connectivity index (χ4v) is 4.13. The van der Waals surface area contributed by atoms with Crippen LogP contribution in [0.25, 0.3) is 0 Å². The Morgan fingerprint density at radius 1 is 1.03 bits per heavy atom. The summed E-state index contributed by atoms with van der Waals surface area (Å²) in [4.78, 5) is 14.2. The molecule has 2 aromatic rings. The molecule has 1 saturated heterocycles. The maximum Gasteiger partial charge on any atom is 0.435 e. The van der Waals surface area contributed by atoms with Gasteiger partial charge < -0.3 is 9.64 Å². The van der Waals surface area contributed by atoms with Gasteiger partial charge in [0.05, 0.1) is 6.54 Å². The maximum atomic E-state index is 13.3. The van der Waals surface area contributed by atoms with Crippen LogP contribution in [-0.2, 0) is 25.6 Å². The third-order valence-corrected chi connectivity index (χ3v) is 5.59. The number of hydrogen-bond donors (Lipinski definition) is 0. The lowest BCUT2D eigenvalue weighted by molar-refractivity contribution is -0.142. The Kier molecular flexibility index (Phi) is 5.52. The Hall–Kier alpha value is -2.51. The average Bonchev–Trinajstić information content (AvgIpc) is 3.36. The monoisotopic (exact) mass is 407 g/mol. The zero-order valence-corrected chi connectivity index (χ0v) is 16.2. The first-order chi connectivity index (χ1) is 13.9. The van der Waals surface area contributed by atoms with Crippen molar-refractivity contribution >= 4 is 5.91 Å². The van der Waals surface area contributed by atoms with Crippen LogP contribution in [0.3, 0.4) is 0 Å². The molecule has 4 rings (SSSR count). The van der Waals surface area contributed by atoms with Crippen molar-refractivity contribution in [2.24, 2.45) is 0 Å². The number of nitrogens with zero attached hydrogens (tertiary/aromatic N) is 3. The Morgan fingerprint density at radius 2 is 1.72 bits per heavy atom. The molecule has 0 spiro atoms. The van der Waals surface area contributed by atoms with E-state index in [4.69, 9.17) is 4.74 Å². The van der Waals surface area contributed by atoms with Crippen molar-refractivity contribution in [2.75, 3.05) is 19.7 Å². The van der Waals surface area contributed by atoms with Crippen LogP contribution in [0.15, 0.2) is 24.3 Å². The van der Waals surface area contributed by atoms with E-state index in [0.29, 0.717) is 35.4 Å². The molecule has 5 nitrogen and oxygen atoms in total. The van der Waals surface area contributed by atoms with E-state index in [-0.39, 0.29) is 19.1 Å². The van der Waals surface area contributed by atoms with Gasteiger partial charge in [0.2, 0.25) is 0 Å². The zero-order chi connectivity index (χ0) is 20.4. The molecule has 2 heterocycles. The smallest absolute Gasteiger partial charge is 0.435 e. The number of carbonyl (C=O) groups excluding carboxylic acids is 1. The van der Waals surface area contributed by atoms with Crippen LogP contribution >= 0.6 is 0 Å². The maximum absolute atomic E-state index is 13.3. The van der Waals surface area contributed by atoms with Gasteiger partial charge in [-0.15, -0.1) is 0 Å². The molecule has 1 fully saturated rings. The van der Waals surface area contributed by atoms with Crippen molar-refractivity contribution in [1.82, 2.24) is 14.7 Å². The van der Waals surface area contributed by atoms with Crippen LogP contribution in [0.4, 0.5) is 13.2 Å². The molecule has 1 aromatic heterocycles. The third-order valence-electron chi connectivity index (χ3n) is 5.59. The van der Waals surface area contributed by atoms with Gasteiger partial charge in [-0.05, 0) is 62.8 Å². The standard InChI is InChI=1S/C21H24F3N3O2/c22-21(23,24)19-17-5-1-2-6-18(17)27(25-19)13-14-29-16-9-7-15(8-10-16)20(28)26-11-3-4-12-26/h7-10H,1-6,11-14H2. The largest absolute Gasteiger partial charge is 0.492 e. The van der Waals surface area contributed by atoms with Crippen LogP contribution in [0.1, 0.15) is 53.0 Å². The molecular weight excluding hydrogens is 383 g/mol. The van der Waals surface area contributed by atoms with E-state index >= 15 is 0 Å². The highest BCUT2D eigenvalue weighted by Crippen LogP contribution is 2.35. The number of carbonyl (C=O) groups is 1. The minimum Gasteiger partial charge on any atom is -0.492 e. The highest BCUT2D eigenvalue weighted by Gasteiger charge is 2.39. The van der Waals surface area contributed by atoms with Crippen molar-refractivity contribution < 1.29 is 22.7 Å². The summed E-state index contributed by atoms with van der Waals surface area (Å²) < 4.78 is 46.9. The number of ether oxygens (including phenoxy) is 1. The Morgan fingerprint density at radius 3 is 2.41 bits per heavy atom. The van der Waals surface area contributed by atoms with E-state index in [1.807, 2.05) is 4.90 Å². The quantitative estimate of drug-likeness (QED) is 0.750. The first-order valence-electron chi connectivity index (χ1n) is 10.1. The van der Waals surface area contributed by atoms with Gasteiger partial charge in [0.15, 0.2) is 5.69 Å². The summed E-state index contributed by atoms with van der Waals surface area (Å²) >= 11 is 0. The van der Waals surface area contributed by atoms with Crippen LogP contribution in [0, 0.1) is 0 Å². The van der Waals surface area contributed by atoms with Crippen molar-refractivity contribution in [3.8, 4) is 5.75 Å². The molecule has 0 radical (unpaired) electrons. The average molecular weight is 407 g/mol. The molecule has 1 amide bonds. The normalized spacial score (nSPS) is 16.7. The van der Waals surface area contributed by atoms with Gasteiger partial charge in [0.25, 0.3) is 5.91 Å². The van der Waals surface area contributed by atoms with Gasteiger partial charge in [0, 0.05) is 29.9 Å². The number of hydrogen-bond acceptors (Lipinski definition) is 3. The Balaban J connectivity index is 1.38. The summed E-state index contributed by atoms with van der Waals surface area (Å²) in [6.45, 7) is 2.06. The van der Waals surface area contributed by atoms with Crippen molar-refractivity contribution in [3.63, 3.8) is 0 Å². The molecule has 1 aromatic carbocycles. The summed E-state index contributed by atoms with van der Waals surface area (Å²) in [6, 6.07) is 6.91. The minimum absolute atomic E-state index is 0.0249. The van der Waals surface area contributed by atoms with E-state index < -0.39 is 11.9 Å². The molecule has 0 N–H and O–H groups in total. The predicted molar refractivity (Wildman–Crippen MR) is 101 cm³/mol. The summed E-state index contributed by atoms with van der Waals surface area (Å²) in [7, 11) is 0. The molecule has 0 atom stereocenters. The van der Waals surface area contributed by atoms with E-state index in [2.05, 4.69) is 5.10 Å². The van der Waals surface area contributed by atoms with Gasteiger partial charge in [-0.3, -0.25) is 9.48 Å². The molecule has 1 aliphatic carbocycles. The molecule has 2 aliphatic rings. The van der Waals surface area contributed by atoms with Crippen LogP contribution in [0.2, 0.25) is 0 Å². The summed E-state index contributed by atoms with van der Waals surface area (Å²) in [5.41, 5.74) is 0.888. The first-order valence-corrected chi connectivity index (χ1v) is 10.1. The second kappa shape index (κ2) is 8.08. The SMILES string of the molecule is O=C(c1ccc(OCCn2nc(C(F)(F)F)c3c2CCCC3)cc1)N1CCCC1. The number of aromatic nitrogens is 2. The van der Waals surface area contributed by atoms with E-state index in [0.717, 1.165) is 38.8 Å². The molecule has 0 saturated carbocycles. The zero-order valence-electron chi connectivity index (χ0n) is 16.2. The van der Waals surface area contributed by atoms with Crippen molar-refractivity contribution in [2.45, 2.75) is 51.2 Å². The molecule has 0 unspecified atom stereocenters. The number of amides is 1. The predicted octanol–water partition coefficient (Wildman–Crippen LogP) is 4.10. The third kappa shape index (κ3) is 4.26. The molecule has 29 heavy (non-hydrogen) atoms. The van der Waals surface area contributed by atoms with Crippen LogP contribution in [0.5, 0.6) is 5.75 Å². The summed E-state index contributed by atoms with van der Waals surface area (Å²) in [5, 5.41) is 3.84. The van der Waals surface area contributed by atoms with Gasteiger partial charge in [0.1, 0.15) is 12.4 Å². The fourth-order valence-electron chi connectivity index (χ4n) is 4.13. The Labute approximate surface area is 167 Å². The summed E-state index contributed by atoms with van der Waals surface area (Å²) in [6.07, 6.45) is 0.346. The molecular formula is C21H24F3N3O2. The second-order valence-electron chi connectivity index (χ2n) is 7.57. The lowest BCUT2D eigenvalue weighted by Gasteiger charge is -2.16. The first kappa shape index (κ1) is 19.8. The lowest BCUT2D eigenvalue weighted by atomic mass is 9.95. The second-order valence-corrected chi connectivity index (χ2v) is 7.57. The molecule has 8 heteroatoms. The highest BCUT2D eigenvalue weighted by atomic mass is 19.4. The van der Waals surface area contributed by atoms with Gasteiger partial charge in [-0.2, -0.15) is 18.3 Å². The number of halogens is 3. The minimum atomic E-state index is -4.43. The molecule has 156 valence electrons. The molecule has 1 aliphatic heterocycles. The fraction of sp³-hybridized carbons (Fsp3) is 0.524. The Bertz CT molecular complexity index is 869. The van der Waals surface area contributed by atoms with Gasteiger partial charge in [-0.25, -0.2) is 0 Å². The number of likely N-dealkylation sites (tertiary alicyclic amines) is 1. The number of fused-ring (bicyclic) bond motifs is 1.